The Morgan fingerprint density at radius 2 is 1.69 bits per heavy atom. The third kappa shape index (κ3) is 6.52. The van der Waals surface area contributed by atoms with Gasteiger partial charge in [0.25, 0.3) is 0 Å². The van der Waals surface area contributed by atoms with Gasteiger partial charge >= 0.3 is 0 Å². The van der Waals surface area contributed by atoms with Crippen molar-refractivity contribution in [2.24, 2.45) is 5.92 Å². The Labute approximate surface area is 192 Å². The van der Waals surface area contributed by atoms with Crippen molar-refractivity contribution in [1.29, 1.82) is 0 Å². The van der Waals surface area contributed by atoms with E-state index in [4.69, 9.17) is 4.52 Å². The number of carbonyl (C=O) groups excluding carboxylic acids is 1. The summed E-state index contributed by atoms with van der Waals surface area (Å²) in [4.78, 5) is 17.5. The Morgan fingerprint density at radius 3 is 2.25 bits per heavy atom. The van der Waals surface area contributed by atoms with Gasteiger partial charge in [0, 0.05) is 52.2 Å². The number of nitrogens with one attached hydrogen (secondary N) is 1. The number of sulfonamides is 1. The van der Waals surface area contributed by atoms with Crippen LogP contribution in [0.15, 0.2) is 9.42 Å². The van der Waals surface area contributed by atoms with Crippen molar-refractivity contribution in [2.45, 2.75) is 57.8 Å². The van der Waals surface area contributed by atoms with E-state index >= 15 is 0 Å². The first-order valence-electron chi connectivity index (χ1n) is 12.0. The van der Waals surface area contributed by atoms with Crippen LogP contribution in [-0.4, -0.2) is 92.5 Å². The SMILES string of the molecule is CCCN1CCN(CCCNC(=O)CC2CCN(S(=O)(=O)c3c(C)noc3C)CC2)CC1. The third-order valence-electron chi connectivity index (χ3n) is 6.59. The molecule has 0 radical (unpaired) electrons. The topological polar surface area (TPSA) is 99.0 Å². The molecule has 0 aromatic carbocycles. The van der Waals surface area contributed by atoms with Crippen LogP contribution in [0.2, 0.25) is 0 Å². The summed E-state index contributed by atoms with van der Waals surface area (Å²) in [5, 5.41) is 6.82. The highest BCUT2D eigenvalue weighted by molar-refractivity contribution is 7.89. The molecule has 2 fully saturated rings. The molecule has 3 rings (SSSR count). The van der Waals surface area contributed by atoms with Gasteiger partial charge in [-0.3, -0.25) is 4.79 Å². The minimum Gasteiger partial charge on any atom is -0.360 e. The number of hydrogen-bond acceptors (Lipinski definition) is 7. The molecule has 2 aliphatic heterocycles. The number of carbonyl (C=O) groups is 1. The zero-order valence-electron chi connectivity index (χ0n) is 19.8. The Hall–Kier alpha value is -1.49. The highest BCUT2D eigenvalue weighted by Gasteiger charge is 2.34. The molecule has 1 N–H and O–H groups in total. The van der Waals surface area contributed by atoms with Gasteiger partial charge < -0.3 is 19.6 Å². The summed E-state index contributed by atoms with van der Waals surface area (Å²) in [6.07, 6.45) is 4.03. The van der Waals surface area contributed by atoms with E-state index in [-0.39, 0.29) is 16.7 Å². The van der Waals surface area contributed by atoms with E-state index in [0.29, 0.717) is 50.4 Å². The smallest absolute Gasteiger partial charge is 0.248 e. The van der Waals surface area contributed by atoms with Gasteiger partial charge in [0.1, 0.15) is 10.6 Å². The Bertz CT molecular complexity index is 821. The maximum absolute atomic E-state index is 12.9. The van der Waals surface area contributed by atoms with Crippen molar-refractivity contribution >= 4 is 15.9 Å². The number of amides is 1. The number of piperazine rings is 1. The Morgan fingerprint density at radius 1 is 1.06 bits per heavy atom. The van der Waals surface area contributed by atoms with Crippen LogP contribution < -0.4 is 5.32 Å². The fraction of sp³-hybridized carbons (Fsp3) is 0.818. The summed E-state index contributed by atoms with van der Waals surface area (Å²) in [5.74, 6) is 0.620. The third-order valence-corrected chi connectivity index (χ3v) is 8.74. The van der Waals surface area contributed by atoms with Crippen LogP contribution >= 0.6 is 0 Å². The molecule has 0 bridgehead atoms. The molecular formula is C22H39N5O4S. The molecule has 3 heterocycles. The second-order valence-electron chi connectivity index (χ2n) is 9.09. The average molecular weight is 470 g/mol. The predicted molar refractivity (Wildman–Crippen MR) is 123 cm³/mol. The molecule has 2 aliphatic rings. The van der Waals surface area contributed by atoms with Crippen LogP contribution in [0.4, 0.5) is 0 Å². The molecule has 0 saturated carbocycles. The number of aryl methyl sites for hydroxylation is 2. The Kier molecular flexibility index (Phi) is 9.10. The molecule has 0 spiro atoms. The van der Waals surface area contributed by atoms with E-state index in [1.807, 2.05) is 0 Å². The van der Waals surface area contributed by atoms with Crippen LogP contribution in [0, 0.1) is 19.8 Å². The lowest BCUT2D eigenvalue weighted by Gasteiger charge is -2.34. The van der Waals surface area contributed by atoms with Crippen LogP contribution in [0.25, 0.3) is 0 Å². The zero-order chi connectivity index (χ0) is 23.1. The number of nitrogens with zero attached hydrogens (tertiary/aromatic N) is 4. The zero-order valence-corrected chi connectivity index (χ0v) is 20.6. The minimum atomic E-state index is -3.60. The van der Waals surface area contributed by atoms with E-state index < -0.39 is 10.0 Å². The van der Waals surface area contributed by atoms with Crippen molar-refractivity contribution in [2.75, 3.05) is 58.9 Å². The number of aromatic nitrogens is 1. The molecule has 0 aliphatic carbocycles. The molecule has 1 aromatic rings. The molecule has 1 amide bonds. The molecule has 10 heteroatoms. The van der Waals surface area contributed by atoms with E-state index in [0.717, 1.165) is 39.1 Å². The fourth-order valence-corrected chi connectivity index (χ4v) is 6.50. The first-order chi connectivity index (χ1) is 15.3. The average Bonchev–Trinajstić information content (AvgIpc) is 3.11. The summed E-state index contributed by atoms with van der Waals surface area (Å²) in [7, 11) is -3.60. The van der Waals surface area contributed by atoms with E-state index in [2.05, 4.69) is 27.2 Å². The van der Waals surface area contributed by atoms with Crippen LogP contribution in [0.3, 0.4) is 0 Å². The van der Waals surface area contributed by atoms with Gasteiger partial charge in [-0.1, -0.05) is 12.1 Å². The standard InChI is InChI=1S/C22H39N5O4S/c1-4-9-25-13-15-26(16-14-25)10-5-8-23-21(28)17-20-6-11-27(12-7-20)32(29,30)22-18(2)24-31-19(22)3/h20H,4-17H2,1-3H3,(H,23,28). The van der Waals surface area contributed by atoms with Gasteiger partial charge in [0.15, 0.2) is 5.76 Å². The summed E-state index contributed by atoms with van der Waals surface area (Å²) in [6.45, 7) is 13.8. The fourth-order valence-electron chi connectivity index (χ4n) is 4.74. The Balaban J connectivity index is 1.32. The maximum Gasteiger partial charge on any atom is 0.248 e. The molecule has 9 nitrogen and oxygen atoms in total. The minimum absolute atomic E-state index is 0.0739. The number of piperidine rings is 1. The summed E-state index contributed by atoms with van der Waals surface area (Å²) >= 11 is 0. The highest BCUT2D eigenvalue weighted by Crippen LogP contribution is 2.28. The number of rotatable bonds is 10. The molecule has 0 atom stereocenters. The van der Waals surface area contributed by atoms with Gasteiger partial charge in [-0.15, -0.1) is 0 Å². The summed E-state index contributed by atoms with van der Waals surface area (Å²) < 4.78 is 32.4. The van der Waals surface area contributed by atoms with Gasteiger partial charge in [0.05, 0.1) is 0 Å². The molecule has 0 unspecified atom stereocenters. The summed E-state index contributed by atoms with van der Waals surface area (Å²) in [6, 6.07) is 0. The van der Waals surface area contributed by atoms with E-state index in [1.165, 1.54) is 17.3 Å². The second kappa shape index (κ2) is 11.6. The lowest BCUT2D eigenvalue weighted by molar-refractivity contribution is -0.122. The molecule has 1 aromatic heterocycles. The molecule has 2 saturated heterocycles. The summed E-state index contributed by atoms with van der Waals surface area (Å²) in [5.41, 5.74) is 0.395. The lowest BCUT2D eigenvalue weighted by atomic mass is 9.94. The van der Waals surface area contributed by atoms with Gasteiger partial charge in [-0.2, -0.15) is 4.31 Å². The van der Waals surface area contributed by atoms with E-state index in [1.54, 1.807) is 13.8 Å². The predicted octanol–water partition coefficient (Wildman–Crippen LogP) is 1.62. The van der Waals surface area contributed by atoms with Crippen LogP contribution in [0.1, 0.15) is 50.5 Å². The lowest BCUT2D eigenvalue weighted by Crippen LogP contribution is -2.47. The van der Waals surface area contributed by atoms with Crippen molar-refractivity contribution in [1.82, 2.24) is 24.6 Å². The van der Waals surface area contributed by atoms with Crippen LogP contribution in [0.5, 0.6) is 0 Å². The van der Waals surface area contributed by atoms with Gasteiger partial charge in [-0.05, 0) is 58.5 Å². The first kappa shape index (κ1) is 25.1. The van der Waals surface area contributed by atoms with Gasteiger partial charge in [-0.25, -0.2) is 8.42 Å². The van der Waals surface area contributed by atoms with Crippen molar-refractivity contribution in [3.05, 3.63) is 11.5 Å². The second-order valence-corrected chi connectivity index (χ2v) is 11.0. The quantitative estimate of drug-likeness (QED) is 0.520. The van der Waals surface area contributed by atoms with Crippen molar-refractivity contribution in [3.8, 4) is 0 Å². The maximum atomic E-state index is 12.9. The monoisotopic (exact) mass is 469 g/mol. The molecule has 32 heavy (non-hydrogen) atoms. The van der Waals surface area contributed by atoms with Crippen molar-refractivity contribution in [3.63, 3.8) is 0 Å². The first-order valence-corrected chi connectivity index (χ1v) is 13.4. The van der Waals surface area contributed by atoms with Crippen LogP contribution in [-0.2, 0) is 14.8 Å². The highest BCUT2D eigenvalue weighted by atomic mass is 32.2. The molecule has 182 valence electrons. The molecular weight excluding hydrogens is 430 g/mol. The van der Waals surface area contributed by atoms with E-state index in [9.17, 15) is 13.2 Å². The van der Waals surface area contributed by atoms with Crippen molar-refractivity contribution < 1.29 is 17.7 Å². The van der Waals surface area contributed by atoms with Gasteiger partial charge in [0.2, 0.25) is 15.9 Å². The number of hydrogen-bond donors (Lipinski definition) is 1. The largest absolute Gasteiger partial charge is 0.360 e. The normalized spacial score (nSPS) is 20.0.